The molecule has 2 amide bonds. The summed E-state index contributed by atoms with van der Waals surface area (Å²) in [6.45, 7) is 9.65. The van der Waals surface area contributed by atoms with Crippen molar-refractivity contribution in [3.8, 4) is 0 Å². The Bertz CT molecular complexity index is 1610. The number of allylic oxidation sites excluding steroid dienone is 2. The van der Waals surface area contributed by atoms with Crippen LogP contribution < -0.4 is 10.6 Å². The van der Waals surface area contributed by atoms with Crippen LogP contribution in [0.4, 0.5) is 0 Å². The zero-order valence-electron chi connectivity index (χ0n) is 26.0. The molecule has 2 aromatic rings. The molecule has 0 fully saturated rings. The standard InChI is InChI=1S/C33H42N4O6S/c1-6-20-16(2)26(36-33(20)43)13-24-17(3)21(7-9-30(38)39)27(34-24)15-28-22(8-10-31(40)41)18(4)25(35-28)14-29-23(11-12-44)19(5)32(42)37-29/h13,19,34-35,44H,6-12,14-15H2,1-5H3,(H,36,43)(H,37,42)(H,38,39)(H,40,41)/b26-13-/t19-/m0/s1. The molecule has 6 N–H and O–H groups in total. The first-order valence-corrected chi connectivity index (χ1v) is 15.7. The van der Waals surface area contributed by atoms with Gasteiger partial charge in [-0.15, -0.1) is 0 Å². The Hall–Kier alpha value is -3.99. The number of H-pyrrole nitrogens is 2. The van der Waals surface area contributed by atoms with Crippen molar-refractivity contribution in [2.75, 3.05) is 5.75 Å². The van der Waals surface area contributed by atoms with Crippen LogP contribution in [-0.4, -0.2) is 49.7 Å². The Morgan fingerprint density at radius 2 is 1.48 bits per heavy atom. The first-order valence-electron chi connectivity index (χ1n) is 15.1. The van der Waals surface area contributed by atoms with Crippen LogP contribution in [0.15, 0.2) is 28.1 Å². The molecule has 4 heterocycles. The van der Waals surface area contributed by atoms with Crippen LogP contribution in [0.3, 0.4) is 0 Å². The molecule has 0 bridgehead atoms. The molecule has 2 aromatic heterocycles. The first kappa shape index (κ1) is 32.9. The summed E-state index contributed by atoms with van der Waals surface area (Å²) in [5, 5.41) is 24.9. The zero-order valence-corrected chi connectivity index (χ0v) is 26.9. The molecule has 2 aliphatic heterocycles. The maximum Gasteiger partial charge on any atom is 0.303 e. The van der Waals surface area contributed by atoms with Crippen LogP contribution in [0, 0.1) is 19.8 Å². The third kappa shape index (κ3) is 6.88. The minimum Gasteiger partial charge on any atom is -0.481 e. The van der Waals surface area contributed by atoms with Gasteiger partial charge < -0.3 is 30.8 Å². The van der Waals surface area contributed by atoms with E-state index in [9.17, 15) is 29.4 Å². The fraction of sp³-hybridized carbons (Fsp3) is 0.455. The van der Waals surface area contributed by atoms with Crippen molar-refractivity contribution < 1.29 is 29.4 Å². The number of thiol groups is 1. The second-order valence-electron chi connectivity index (χ2n) is 11.6. The fourth-order valence-electron chi connectivity index (χ4n) is 6.34. The van der Waals surface area contributed by atoms with Crippen molar-refractivity contribution >= 4 is 42.5 Å². The molecule has 0 saturated carbocycles. The number of aromatic nitrogens is 2. The number of aliphatic carboxylic acids is 2. The number of hydrogen-bond donors (Lipinski definition) is 7. The van der Waals surface area contributed by atoms with Crippen LogP contribution in [0.1, 0.15) is 91.5 Å². The van der Waals surface area contributed by atoms with E-state index in [1.165, 1.54) is 0 Å². The minimum absolute atomic E-state index is 0.0338. The van der Waals surface area contributed by atoms with Crippen LogP contribution >= 0.6 is 12.6 Å². The van der Waals surface area contributed by atoms with E-state index in [0.717, 1.165) is 67.4 Å². The highest BCUT2D eigenvalue weighted by Crippen LogP contribution is 2.32. The van der Waals surface area contributed by atoms with Crippen LogP contribution in [-0.2, 0) is 44.9 Å². The number of carboxylic acid groups (broad SMARTS) is 2. The highest BCUT2D eigenvalue weighted by Gasteiger charge is 2.30. The Morgan fingerprint density at radius 3 is 2.05 bits per heavy atom. The molecule has 11 heteroatoms. The van der Waals surface area contributed by atoms with Gasteiger partial charge >= 0.3 is 11.9 Å². The number of carbonyl (C=O) groups excluding carboxylic acids is 2. The van der Waals surface area contributed by atoms with Gasteiger partial charge in [0.25, 0.3) is 5.91 Å². The average molecular weight is 623 g/mol. The monoisotopic (exact) mass is 622 g/mol. The number of rotatable bonds is 14. The highest BCUT2D eigenvalue weighted by atomic mass is 32.1. The minimum atomic E-state index is -0.899. The molecule has 44 heavy (non-hydrogen) atoms. The SMILES string of the molecule is CCC1=C(C)/C(=C/c2[nH]c(Cc3[nH]c(CC4=C(CCS)[C@H](C)C(=O)N4)c(C)c3CCC(=O)O)c(CCC(=O)O)c2C)NC1=O. The van der Waals surface area contributed by atoms with E-state index in [0.29, 0.717) is 50.0 Å². The molecule has 0 aliphatic carbocycles. The van der Waals surface area contributed by atoms with Crippen molar-refractivity contribution in [1.29, 1.82) is 0 Å². The van der Waals surface area contributed by atoms with Gasteiger partial charge in [0.05, 0.1) is 5.92 Å². The number of hydrogen-bond acceptors (Lipinski definition) is 5. The summed E-state index contributed by atoms with van der Waals surface area (Å²) < 4.78 is 0. The topological polar surface area (TPSA) is 164 Å². The Balaban J connectivity index is 1.76. The number of nitrogens with one attached hydrogen (secondary N) is 4. The predicted molar refractivity (Wildman–Crippen MR) is 171 cm³/mol. The van der Waals surface area contributed by atoms with Crippen molar-refractivity contribution in [2.45, 2.75) is 86.0 Å². The summed E-state index contributed by atoms with van der Waals surface area (Å²) in [7, 11) is 0. The van der Waals surface area contributed by atoms with Gasteiger partial charge in [0.1, 0.15) is 0 Å². The summed E-state index contributed by atoms with van der Waals surface area (Å²) in [5.41, 5.74) is 11.3. The molecule has 2 aliphatic rings. The molecule has 0 spiro atoms. The van der Waals surface area contributed by atoms with Crippen molar-refractivity contribution in [3.05, 3.63) is 73.1 Å². The summed E-state index contributed by atoms with van der Waals surface area (Å²) in [6, 6.07) is 0. The molecule has 0 aromatic carbocycles. The first-order chi connectivity index (χ1) is 20.9. The lowest BCUT2D eigenvalue weighted by atomic mass is 9.96. The third-order valence-electron chi connectivity index (χ3n) is 8.94. The quantitative estimate of drug-likeness (QED) is 0.151. The van der Waals surface area contributed by atoms with Gasteiger partial charge in [-0.3, -0.25) is 19.2 Å². The lowest BCUT2D eigenvalue weighted by Gasteiger charge is -2.08. The Kier molecular flexibility index (Phi) is 10.3. The van der Waals surface area contributed by atoms with E-state index in [1.807, 2.05) is 40.7 Å². The zero-order chi connectivity index (χ0) is 32.3. The van der Waals surface area contributed by atoms with E-state index < -0.39 is 11.9 Å². The third-order valence-corrected chi connectivity index (χ3v) is 9.17. The van der Waals surface area contributed by atoms with Gasteiger partial charge in [-0.2, -0.15) is 12.6 Å². The lowest BCUT2D eigenvalue weighted by molar-refractivity contribution is -0.138. The predicted octanol–water partition coefficient (Wildman–Crippen LogP) is 4.66. The van der Waals surface area contributed by atoms with Crippen molar-refractivity contribution in [1.82, 2.24) is 20.6 Å². The van der Waals surface area contributed by atoms with Gasteiger partial charge in [-0.25, -0.2) is 0 Å². The summed E-state index contributed by atoms with van der Waals surface area (Å²) in [4.78, 5) is 55.1. The van der Waals surface area contributed by atoms with E-state index in [4.69, 9.17) is 0 Å². The molecule has 0 radical (unpaired) electrons. The largest absolute Gasteiger partial charge is 0.481 e. The number of carbonyl (C=O) groups is 4. The van der Waals surface area contributed by atoms with E-state index in [-0.39, 0.29) is 30.6 Å². The second kappa shape index (κ2) is 13.8. The molecular formula is C33H42N4O6S. The smallest absolute Gasteiger partial charge is 0.303 e. The molecule has 4 rings (SSSR count). The second-order valence-corrected chi connectivity index (χ2v) is 12.1. The van der Waals surface area contributed by atoms with Crippen LogP contribution in [0.5, 0.6) is 0 Å². The Labute approximate surface area is 262 Å². The molecule has 236 valence electrons. The van der Waals surface area contributed by atoms with Crippen molar-refractivity contribution in [2.24, 2.45) is 5.92 Å². The Morgan fingerprint density at radius 1 is 0.864 bits per heavy atom. The number of carboxylic acids is 2. The lowest BCUT2D eigenvalue weighted by Crippen LogP contribution is -2.20. The van der Waals surface area contributed by atoms with Crippen LogP contribution in [0.2, 0.25) is 0 Å². The van der Waals surface area contributed by atoms with Gasteiger partial charge in [0.15, 0.2) is 0 Å². The highest BCUT2D eigenvalue weighted by molar-refractivity contribution is 7.80. The van der Waals surface area contributed by atoms with Gasteiger partial charge in [0, 0.05) is 65.4 Å². The molecule has 10 nitrogen and oxygen atoms in total. The van der Waals surface area contributed by atoms with E-state index in [2.05, 4.69) is 33.2 Å². The fourth-order valence-corrected chi connectivity index (χ4v) is 6.58. The summed E-state index contributed by atoms with van der Waals surface area (Å²) in [5.74, 6) is -1.53. The van der Waals surface area contributed by atoms with Crippen molar-refractivity contribution in [3.63, 3.8) is 0 Å². The number of aromatic amines is 2. The van der Waals surface area contributed by atoms with Crippen LogP contribution in [0.25, 0.3) is 6.08 Å². The molecule has 1 atom stereocenters. The molecule has 0 saturated heterocycles. The maximum absolute atomic E-state index is 12.5. The summed E-state index contributed by atoms with van der Waals surface area (Å²) in [6.07, 6.45) is 4.66. The number of amides is 2. The summed E-state index contributed by atoms with van der Waals surface area (Å²) >= 11 is 4.38. The van der Waals surface area contributed by atoms with E-state index in [1.54, 1.807) is 0 Å². The van der Waals surface area contributed by atoms with Gasteiger partial charge in [-0.05, 0) is 98.6 Å². The molecule has 0 unspecified atom stereocenters. The average Bonchev–Trinajstić information content (AvgIpc) is 3.60. The normalized spacial score (nSPS) is 17.7. The maximum atomic E-state index is 12.5. The van der Waals surface area contributed by atoms with Gasteiger partial charge in [-0.1, -0.05) is 6.92 Å². The molecular weight excluding hydrogens is 580 g/mol. The van der Waals surface area contributed by atoms with E-state index >= 15 is 0 Å². The van der Waals surface area contributed by atoms with Gasteiger partial charge in [0.2, 0.25) is 5.91 Å².